The predicted molar refractivity (Wildman–Crippen MR) is 110 cm³/mol. The number of carbonyl (C=O) groups excluding carboxylic acids is 2. The lowest BCUT2D eigenvalue weighted by molar-refractivity contribution is 0.0601. The van der Waals surface area contributed by atoms with Crippen molar-refractivity contribution in [3.8, 4) is 5.75 Å². The van der Waals surface area contributed by atoms with Crippen LogP contribution in [0.5, 0.6) is 5.75 Å². The SMILES string of the molecule is COC(=O)c1ccc(OCc2c(F)cccc2F)cc1N1Cc2ccccc2NC1=O. The molecule has 3 aromatic rings. The highest BCUT2D eigenvalue weighted by atomic mass is 19.1. The van der Waals surface area contributed by atoms with E-state index in [2.05, 4.69) is 5.32 Å². The van der Waals surface area contributed by atoms with Crippen LogP contribution in [0, 0.1) is 11.6 Å². The molecule has 6 nitrogen and oxygen atoms in total. The van der Waals surface area contributed by atoms with E-state index >= 15 is 0 Å². The number of esters is 1. The number of hydrogen-bond donors (Lipinski definition) is 1. The molecule has 1 aliphatic heterocycles. The average Bonchev–Trinajstić information content (AvgIpc) is 2.77. The van der Waals surface area contributed by atoms with E-state index < -0.39 is 23.6 Å². The van der Waals surface area contributed by atoms with E-state index in [1.807, 2.05) is 18.2 Å². The maximum Gasteiger partial charge on any atom is 0.339 e. The Bertz CT molecular complexity index is 1150. The molecule has 0 aromatic heterocycles. The largest absolute Gasteiger partial charge is 0.489 e. The molecule has 0 radical (unpaired) electrons. The van der Waals surface area contributed by atoms with Crippen molar-refractivity contribution in [2.45, 2.75) is 13.2 Å². The highest BCUT2D eigenvalue weighted by Gasteiger charge is 2.28. The number of halogens is 2. The van der Waals surface area contributed by atoms with E-state index in [9.17, 15) is 18.4 Å². The van der Waals surface area contributed by atoms with Gasteiger partial charge in [0.1, 0.15) is 24.0 Å². The van der Waals surface area contributed by atoms with Crippen LogP contribution in [0.3, 0.4) is 0 Å². The minimum atomic E-state index is -0.724. The first-order valence-electron chi connectivity index (χ1n) is 9.42. The van der Waals surface area contributed by atoms with Gasteiger partial charge in [-0.3, -0.25) is 4.90 Å². The first kappa shape index (κ1) is 20.3. The van der Waals surface area contributed by atoms with Crippen molar-refractivity contribution in [1.82, 2.24) is 0 Å². The maximum absolute atomic E-state index is 13.9. The molecule has 8 heteroatoms. The molecule has 4 rings (SSSR count). The summed E-state index contributed by atoms with van der Waals surface area (Å²) in [5.41, 5.74) is 1.74. The summed E-state index contributed by atoms with van der Waals surface area (Å²) >= 11 is 0. The number of nitrogens with zero attached hydrogens (tertiary/aromatic N) is 1. The number of carbonyl (C=O) groups is 2. The molecule has 0 fully saturated rings. The maximum atomic E-state index is 13.9. The van der Waals surface area contributed by atoms with Crippen molar-refractivity contribution in [1.29, 1.82) is 0 Å². The zero-order valence-electron chi connectivity index (χ0n) is 16.5. The summed E-state index contributed by atoms with van der Waals surface area (Å²) in [5.74, 6) is -1.85. The standard InChI is InChI=1S/C23H18F2N2O4/c1-30-22(28)16-10-9-15(31-13-17-18(24)6-4-7-19(17)25)11-21(16)27-12-14-5-2-3-8-20(14)26-23(27)29/h2-11H,12-13H2,1H3,(H,26,29). The second-order valence-electron chi connectivity index (χ2n) is 6.83. The molecule has 158 valence electrons. The molecule has 0 aliphatic carbocycles. The smallest absolute Gasteiger partial charge is 0.339 e. The van der Waals surface area contributed by atoms with Gasteiger partial charge < -0.3 is 14.8 Å². The summed E-state index contributed by atoms with van der Waals surface area (Å²) in [6, 6.07) is 14.8. The van der Waals surface area contributed by atoms with Gasteiger partial charge in [0.25, 0.3) is 0 Å². The van der Waals surface area contributed by atoms with Gasteiger partial charge in [-0.25, -0.2) is 18.4 Å². The van der Waals surface area contributed by atoms with Crippen molar-refractivity contribution in [3.05, 3.63) is 89.0 Å². The lowest BCUT2D eigenvalue weighted by atomic mass is 10.1. The summed E-state index contributed by atoms with van der Waals surface area (Å²) in [6.07, 6.45) is 0. The Morgan fingerprint density at radius 3 is 2.55 bits per heavy atom. The molecule has 0 bridgehead atoms. The quantitative estimate of drug-likeness (QED) is 0.593. The summed E-state index contributed by atoms with van der Waals surface area (Å²) in [4.78, 5) is 26.4. The number of urea groups is 1. The Kier molecular flexibility index (Phi) is 5.53. The average molecular weight is 424 g/mol. The summed E-state index contributed by atoms with van der Waals surface area (Å²) in [6.45, 7) is -0.137. The number of nitrogens with one attached hydrogen (secondary N) is 1. The van der Waals surface area contributed by atoms with E-state index in [0.717, 1.165) is 17.7 Å². The molecule has 1 N–H and O–H groups in total. The van der Waals surface area contributed by atoms with Crippen LogP contribution < -0.4 is 15.0 Å². The molecule has 1 heterocycles. The third-order valence-corrected chi connectivity index (χ3v) is 4.94. The van der Waals surface area contributed by atoms with Gasteiger partial charge >= 0.3 is 12.0 Å². The summed E-state index contributed by atoms with van der Waals surface area (Å²) in [7, 11) is 1.24. The van der Waals surface area contributed by atoms with Crippen LogP contribution in [0.25, 0.3) is 0 Å². The fraction of sp³-hybridized carbons (Fsp3) is 0.130. The van der Waals surface area contributed by atoms with Crippen LogP contribution in [0.2, 0.25) is 0 Å². The molecule has 31 heavy (non-hydrogen) atoms. The lowest BCUT2D eigenvalue weighted by Crippen LogP contribution is -2.39. The minimum absolute atomic E-state index is 0.154. The molecule has 1 aliphatic rings. The van der Waals surface area contributed by atoms with E-state index in [-0.39, 0.29) is 35.7 Å². The van der Waals surface area contributed by atoms with Gasteiger partial charge in [0.05, 0.1) is 30.5 Å². The molecule has 0 atom stereocenters. The van der Waals surface area contributed by atoms with Crippen LogP contribution in [-0.4, -0.2) is 19.1 Å². The van der Waals surface area contributed by atoms with E-state index in [0.29, 0.717) is 5.69 Å². The molecular formula is C23H18F2N2O4. The van der Waals surface area contributed by atoms with E-state index in [1.165, 1.54) is 36.3 Å². The first-order valence-corrected chi connectivity index (χ1v) is 9.42. The van der Waals surface area contributed by atoms with Crippen LogP contribution >= 0.6 is 0 Å². The van der Waals surface area contributed by atoms with Gasteiger partial charge in [-0.05, 0) is 35.9 Å². The highest BCUT2D eigenvalue weighted by molar-refractivity contribution is 6.08. The number of anilines is 2. The van der Waals surface area contributed by atoms with E-state index in [4.69, 9.17) is 9.47 Å². The zero-order valence-corrected chi connectivity index (χ0v) is 16.5. The predicted octanol–water partition coefficient (Wildman–Crippen LogP) is 4.88. The van der Waals surface area contributed by atoms with Crippen molar-refractivity contribution in [3.63, 3.8) is 0 Å². The zero-order chi connectivity index (χ0) is 22.0. The van der Waals surface area contributed by atoms with Gasteiger partial charge in [0, 0.05) is 11.8 Å². The number of rotatable bonds is 5. The highest BCUT2D eigenvalue weighted by Crippen LogP contribution is 2.33. The molecule has 0 spiro atoms. The Hall–Kier alpha value is -3.94. The third-order valence-electron chi connectivity index (χ3n) is 4.94. The molecule has 0 unspecified atom stereocenters. The number of benzene rings is 3. The van der Waals surface area contributed by atoms with E-state index in [1.54, 1.807) is 6.07 Å². The molecular weight excluding hydrogens is 406 g/mol. The number of methoxy groups -OCH3 is 1. The van der Waals surface area contributed by atoms with Gasteiger partial charge in [0.2, 0.25) is 0 Å². The van der Waals surface area contributed by atoms with Crippen LogP contribution in [0.1, 0.15) is 21.5 Å². The topological polar surface area (TPSA) is 67.9 Å². The normalized spacial score (nSPS) is 12.7. The molecule has 0 saturated carbocycles. The Labute approximate surface area is 177 Å². The Morgan fingerprint density at radius 2 is 1.81 bits per heavy atom. The van der Waals surface area contributed by atoms with Crippen molar-refractivity contribution >= 4 is 23.4 Å². The Balaban J connectivity index is 1.67. The Morgan fingerprint density at radius 1 is 1.06 bits per heavy atom. The van der Waals surface area contributed by atoms with Crippen LogP contribution in [0.4, 0.5) is 25.0 Å². The second-order valence-corrected chi connectivity index (χ2v) is 6.83. The molecule has 3 aromatic carbocycles. The first-order chi connectivity index (χ1) is 15.0. The monoisotopic (exact) mass is 424 g/mol. The fourth-order valence-corrected chi connectivity index (χ4v) is 3.33. The third kappa shape index (κ3) is 4.05. The number of amides is 2. The van der Waals surface area contributed by atoms with Crippen LogP contribution in [-0.2, 0) is 17.9 Å². The van der Waals surface area contributed by atoms with Crippen molar-refractivity contribution in [2.75, 3.05) is 17.3 Å². The number of para-hydroxylation sites is 1. The lowest BCUT2D eigenvalue weighted by Gasteiger charge is -2.30. The fourth-order valence-electron chi connectivity index (χ4n) is 3.33. The number of ether oxygens (including phenoxy) is 2. The van der Waals surface area contributed by atoms with Crippen molar-refractivity contribution in [2.24, 2.45) is 0 Å². The molecule has 2 amide bonds. The van der Waals surface area contributed by atoms with Gasteiger partial charge in [-0.15, -0.1) is 0 Å². The van der Waals surface area contributed by atoms with Gasteiger partial charge in [-0.1, -0.05) is 24.3 Å². The van der Waals surface area contributed by atoms with Crippen molar-refractivity contribution < 1.29 is 27.8 Å². The number of fused-ring (bicyclic) bond motifs is 1. The second kappa shape index (κ2) is 8.43. The van der Waals surface area contributed by atoms with Crippen LogP contribution in [0.15, 0.2) is 60.7 Å². The number of hydrogen-bond acceptors (Lipinski definition) is 4. The summed E-state index contributed by atoms with van der Waals surface area (Å²) in [5, 5.41) is 2.78. The summed E-state index contributed by atoms with van der Waals surface area (Å²) < 4.78 is 38.2. The van der Waals surface area contributed by atoms with Gasteiger partial charge in [-0.2, -0.15) is 0 Å². The van der Waals surface area contributed by atoms with Gasteiger partial charge in [0.15, 0.2) is 0 Å². The minimum Gasteiger partial charge on any atom is -0.489 e. The molecule has 0 saturated heterocycles.